The second kappa shape index (κ2) is 4.74. The van der Waals surface area contributed by atoms with Crippen LogP contribution in [0.4, 0.5) is 11.6 Å². The van der Waals surface area contributed by atoms with Crippen LogP contribution >= 0.6 is 0 Å². The SMILES string of the molecule is C#Cc1cc(C)cc(Nc2cc(C3CC3)ccn2)n1. The van der Waals surface area contributed by atoms with E-state index in [1.54, 1.807) is 0 Å². The Bertz CT molecular complexity index is 651. The van der Waals surface area contributed by atoms with Crippen molar-refractivity contribution in [2.45, 2.75) is 25.7 Å². The minimum Gasteiger partial charge on any atom is -0.325 e. The Balaban J connectivity index is 1.86. The van der Waals surface area contributed by atoms with Gasteiger partial charge in [0.25, 0.3) is 0 Å². The van der Waals surface area contributed by atoms with E-state index in [1.165, 1.54) is 18.4 Å². The molecule has 0 unspecified atom stereocenters. The molecule has 3 nitrogen and oxygen atoms in total. The number of aromatic nitrogens is 2. The summed E-state index contributed by atoms with van der Waals surface area (Å²) >= 11 is 0. The molecule has 1 aliphatic rings. The number of anilines is 2. The van der Waals surface area contributed by atoms with E-state index in [9.17, 15) is 0 Å². The van der Waals surface area contributed by atoms with Gasteiger partial charge in [0.2, 0.25) is 0 Å². The van der Waals surface area contributed by atoms with Crippen LogP contribution in [0.3, 0.4) is 0 Å². The fourth-order valence-corrected chi connectivity index (χ4v) is 2.12. The van der Waals surface area contributed by atoms with Crippen LogP contribution in [0.15, 0.2) is 30.5 Å². The minimum atomic E-state index is 0.640. The van der Waals surface area contributed by atoms with Crippen molar-refractivity contribution in [2.24, 2.45) is 0 Å². The standard InChI is InChI=1S/C16H15N3/c1-3-14-8-11(2)9-16(18-14)19-15-10-13(6-7-17-15)12-4-5-12/h1,6-10,12H,4-5H2,2H3,(H,17,18,19). The molecule has 0 amide bonds. The molecule has 1 aliphatic carbocycles. The van der Waals surface area contributed by atoms with Gasteiger partial charge >= 0.3 is 0 Å². The summed E-state index contributed by atoms with van der Waals surface area (Å²) in [7, 11) is 0. The maximum Gasteiger partial charge on any atom is 0.133 e. The summed E-state index contributed by atoms with van der Waals surface area (Å²) in [6, 6.07) is 8.03. The number of aryl methyl sites for hydroxylation is 1. The van der Waals surface area contributed by atoms with Crippen molar-refractivity contribution in [3.05, 3.63) is 47.3 Å². The number of nitrogens with zero attached hydrogens (tertiary/aromatic N) is 2. The van der Waals surface area contributed by atoms with Crippen molar-refractivity contribution in [2.75, 3.05) is 5.32 Å². The van der Waals surface area contributed by atoms with E-state index in [-0.39, 0.29) is 0 Å². The molecule has 19 heavy (non-hydrogen) atoms. The molecule has 2 heterocycles. The monoisotopic (exact) mass is 249 g/mol. The average molecular weight is 249 g/mol. The van der Waals surface area contributed by atoms with Gasteiger partial charge in [0.05, 0.1) is 0 Å². The van der Waals surface area contributed by atoms with Crippen molar-refractivity contribution in [3.63, 3.8) is 0 Å². The molecule has 1 fully saturated rings. The fraction of sp³-hybridized carbons (Fsp3) is 0.250. The first-order chi connectivity index (χ1) is 9.24. The molecule has 3 heteroatoms. The van der Waals surface area contributed by atoms with Crippen LogP contribution in [-0.4, -0.2) is 9.97 Å². The minimum absolute atomic E-state index is 0.640. The van der Waals surface area contributed by atoms with Crippen molar-refractivity contribution < 1.29 is 0 Å². The topological polar surface area (TPSA) is 37.8 Å². The Kier molecular flexibility index (Phi) is 2.92. The first-order valence-corrected chi connectivity index (χ1v) is 6.43. The highest BCUT2D eigenvalue weighted by atomic mass is 15.1. The van der Waals surface area contributed by atoms with Gasteiger partial charge in [0, 0.05) is 6.20 Å². The van der Waals surface area contributed by atoms with Crippen LogP contribution in [0, 0.1) is 19.3 Å². The van der Waals surface area contributed by atoms with Crippen LogP contribution in [0.25, 0.3) is 0 Å². The largest absolute Gasteiger partial charge is 0.325 e. The summed E-state index contributed by atoms with van der Waals surface area (Å²) in [5, 5.41) is 3.22. The van der Waals surface area contributed by atoms with Gasteiger partial charge in [-0.2, -0.15) is 0 Å². The maximum atomic E-state index is 5.40. The molecule has 0 aromatic carbocycles. The van der Waals surface area contributed by atoms with Gasteiger partial charge in [-0.1, -0.05) is 5.92 Å². The Morgan fingerprint density at radius 2 is 2.11 bits per heavy atom. The molecular formula is C16H15N3. The van der Waals surface area contributed by atoms with Gasteiger partial charge in [0.15, 0.2) is 0 Å². The first-order valence-electron chi connectivity index (χ1n) is 6.43. The van der Waals surface area contributed by atoms with Crippen molar-refractivity contribution in [1.82, 2.24) is 9.97 Å². The highest BCUT2D eigenvalue weighted by Crippen LogP contribution is 2.40. The van der Waals surface area contributed by atoms with Gasteiger partial charge in [0.1, 0.15) is 17.3 Å². The van der Waals surface area contributed by atoms with E-state index in [1.807, 2.05) is 25.3 Å². The zero-order valence-electron chi connectivity index (χ0n) is 10.9. The smallest absolute Gasteiger partial charge is 0.133 e. The predicted octanol–water partition coefficient (Wildman–Crippen LogP) is 3.39. The summed E-state index contributed by atoms with van der Waals surface area (Å²) in [6.07, 6.45) is 9.81. The maximum absolute atomic E-state index is 5.40. The van der Waals surface area contributed by atoms with Crippen LogP contribution in [-0.2, 0) is 0 Å². The normalized spacial score (nSPS) is 13.9. The second-order valence-corrected chi connectivity index (χ2v) is 4.93. The first kappa shape index (κ1) is 11.7. The van der Waals surface area contributed by atoms with Gasteiger partial charge < -0.3 is 5.32 Å². The molecule has 2 aromatic rings. The molecule has 0 atom stereocenters. The van der Waals surface area contributed by atoms with Crippen LogP contribution in [0.1, 0.15) is 35.6 Å². The fourth-order valence-electron chi connectivity index (χ4n) is 2.12. The number of pyridine rings is 2. The van der Waals surface area contributed by atoms with E-state index < -0.39 is 0 Å². The van der Waals surface area contributed by atoms with E-state index in [0.717, 1.165) is 23.1 Å². The van der Waals surface area contributed by atoms with E-state index in [4.69, 9.17) is 6.42 Å². The molecule has 0 spiro atoms. The molecule has 0 bridgehead atoms. The lowest BCUT2D eigenvalue weighted by Gasteiger charge is -2.07. The molecule has 0 aliphatic heterocycles. The number of terminal acetylenes is 1. The Morgan fingerprint density at radius 3 is 2.84 bits per heavy atom. The molecule has 2 aromatic heterocycles. The van der Waals surface area contributed by atoms with Crippen molar-refractivity contribution in [1.29, 1.82) is 0 Å². The zero-order valence-corrected chi connectivity index (χ0v) is 10.9. The van der Waals surface area contributed by atoms with E-state index in [0.29, 0.717) is 5.69 Å². The molecule has 1 N–H and O–H groups in total. The van der Waals surface area contributed by atoms with Gasteiger partial charge in [-0.05, 0) is 61.1 Å². The molecule has 1 saturated carbocycles. The number of nitrogens with one attached hydrogen (secondary N) is 1. The summed E-state index contributed by atoms with van der Waals surface area (Å²) < 4.78 is 0. The summed E-state index contributed by atoms with van der Waals surface area (Å²) in [5.41, 5.74) is 3.08. The molecular weight excluding hydrogens is 234 g/mol. The Hall–Kier alpha value is -2.34. The van der Waals surface area contributed by atoms with Crippen molar-refractivity contribution >= 4 is 11.6 Å². The van der Waals surface area contributed by atoms with Crippen LogP contribution in [0.2, 0.25) is 0 Å². The lowest BCUT2D eigenvalue weighted by molar-refractivity contribution is 1.11. The third kappa shape index (κ3) is 2.74. The Morgan fingerprint density at radius 1 is 1.26 bits per heavy atom. The van der Waals surface area contributed by atoms with E-state index in [2.05, 4.69) is 33.3 Å². The molecule has 94 valence electrons. The lowest BCUT2D eigenvalue weighted by Crippen LogP contribution is -1.98. The number of rotatable bonds is 3. The van der Waals surface area contributed by atoms with Gasteiger partial charge in [-0.3, -0.25) is 0 Å². The van der Waals surface area contributed by atoms with Crippen LogP contribution < -0.4 is 5.32 Å². The molecule has 0 radical (unpaired) electrons. The highest BCUT2D eigenvalue weighted by Gasteiger charge is 2.23. The third-order valence-electron chi connectivity index (χ3n) is 3.21. The summed E-state index contributed by atoms with van der Waals surface area (Å²) in [5.74, 6) is 4.85. The zero-order chi connectivity index (χ0) is 13.2. The van der Waals surface area contributed by atoms with Gasteiger partial charge in [-0.25, -0.2) is 9.97 Å². The third-order valence-corrected chi connectivity index (χ3v) is 3.21. The molecule has 3 rings (SSSR count). The number of hydrogen-bond acceptors (Lipinski definition) is 3. The van der Waals surface area contributed by atoms with Crippen molar-refractivity contribution in [3.8, 4) is 12.3 Å². The summed E-state index contributed by atoms with van der Waals surface area (Å²) in [4.78, 5) is 8.68. The van der Waals surface area contributed by atoms with Crippen LogP contribution in [0.5, 0.6) is 0 Å². The van der Waals surface area contributed by atoms with Gasteiger partial charge in [-0.15, -0.1) is 6.42 Å². The molecule has 0 saturated heterocycles. The highest BCUT2D eigenvalue weighted by molar-refractivity contribution is 5.55. The van der Waals surface area contributed by atoms with E-state index >= 15 is 0 Å². The quantitative estimate of drug-likeness (QED) is 0.847. The second-order valence-electron chi connectivity index (χ2n) is 4.93. The Labute approximate surface area is 113 Å². The lowest BCUT2D eigenvalue weighted by atomic mass is 10.2. The number of hydrogen-bond donors (Lipinski definition) is 1. The average Bonchev–Trinajstić information content (AvgIpc) is 3.22. The summed E-state index contributed by atoms with van der Waals surface area (Å²) in [6.45, 7) is 2.00. The predicted molar refractivity (Wildman–Crippen MR) is 76.4 cm³/mol.